The van der Waals surface area contributed by atoms with Crippen LogP contribution in [0.4, 0.5) is 5.82 Å². The number of unbranched alkanes of at least 4 members (excludes halogenated alkanes) is 2. The van der Waals surface area contributed by atoms with E-state index in [1.807, 2.05) is 6.07 Å². The summed E-state index contributed by atoms with van der Waals surface area (Å²) in [4.78, 5) is 4.73. The molecule has 1 heterocycles. The summed E-state index contributed by atoms with van der Waals surface area (Å²) in [6.45, 7) is 6.61. The number of fused-ring (bicyclic) bond motifs is 1. The fraction of sp³-hybridized carbons (Fsp3) is 0.471. The van der Waals surface area contributed by atoms with Crippen molar-refractivity contribution in [1.29, 1.82) is 0 Å². The Kier molecular flexibility index (Phi) is 4.78. The van der Waals surface area contributed by atoms with Gasteiger partial charge in [0.1, 0.15) is 5.82 Å². The molecule has 2 rings (SSSR count). The number of para-hydroxylation sites is 1. The van der Waals surface area contributed by atoms with Gasteiger partial charge in [0, 0.05) is 11.4 Å². The molecule has 0 aliphatic carbocycles. The molecule has 2 nitrogen and oxygen atoms in total. The van der Waals surface area contributed by atoms with E-state index in [1.165, 1.54) is 36.6 Å². The third-order valence-corrected chi connectivity index (χ3v) is 3.54. The molecule has 2 heteroatoms. The quantitative estimate of drug-likeness (QED) is 0.742. The molecule has 0 saturated carbocycles. The number of hydrogen-bond donors (Lipinski definition) is 1. The highest BCUT2D eigenvalue weighted by molar-refractivity contribution is 5.81. The zero-order chi connectivity index (χ0) is 13.7. The van der Waals surface area contributed by atoms with Crippen LogP contribution in [0.25, 0.3) is 10.9 Å². The van der Waals surface area contributed by atoms with Crippen molar-refractivity contribution < 1.29 is 0 Å². The molecule has 1 aromatic carbocycles. The number of nitrogens with zero attached hydrogens (tertiary/aromatic N) is 1. The minimum atomic E-state index is 0.485. The van der Waals surface area contributed by atoms with Crippen molar-refractivity contribution in [2.24, 2.45) is 0 Å². The predicted octanol–water partition coefficient (Wildman–Crippen LogP) is 4.92. The van der Waals surface area contributed by atoms with Crippen LogP contribution in [-0.4, -0.2) is 11.0 Å². The summed E-state index contributed by atoms with van der Waals surface area (Å²) in [7, 11) is 0. The lowest BCUT2D eigenvalue weighted by molar-refractivity contribution is 0.613. The lowest BCUT2D eigenvalue weighted by atomic mass is 10.1. The van der Waals surface area contributed by atoms with E-state index in [2.05, 4.69) is 50.4 Å². The van der Waals surface area contributed by atoms with Gasteiger partial charge in [-0.15, -0.1) is 0 Å². The minimum absolute atomic E-state index is 0.485. The Hall–Kier alpha value is -1.57. The summed E-state index contributed by atoms with van der Waals surface area (Å²) in [5.41, 5.74) is 2.29. The van der Waals surface area contributed by atoms with Crippen molar-refractivity contribution in [2.75, 3.05) is 5.32 Å². The molecule has 0 spiro atoms. The maximum absolute atomic E-state index is 4.73. The van der Waals surface area contributed by atoms with Crippen molar-refractivity contribution in [3.63, 3.8) is 0 Å². The second-order valence-electron chi connectivity index (χ2n) is 5.39. The van der Waals surface area contributed by atoms with E-state index in [4.69, 9.17) is 4.98 Å². The van der Waals surface area contributed by atoms with Crippen LogP contribution in [0, 0.1) is 6.92 Å². The highest BCUT2D eigenvalue weighted by Crippen LogP contribution is 2.20. The van der Waals surface area contributed by atoms with Gasteiger partial charge in [0.25, 0.3) is 0 Å². The molecule has 0 radical (unpaired) electrons. The van der Waals surface area contributed by atoms with Crippen LogP contribution in [0.2, 0.25) is 0 Å². The molecule has 0 fully saturated rings. The normalized spacial score (nSPS) is 12.6. The fourth-order valence-corrected chi connectivity index (χ4v) is 2.37. The number of aryl methyl sites for hydroxylation is 1. The number of rotatable bonds is 6. The van der Waals surface area contributed by atoms with Gasteiger partial charge in [0.15, 0.2) is 0 Å². The van der Waals surface area contributed by atoms with Crippen molar-refractivity contribution in [3.05, 3.63) is 35.9 Å². The van der Waals surface area contributed by atoms with Gasteiger partial charge < -0.3 is 5.32 Å². The monoisotopic (exact) mass is 256 g/mol. The van der Waals surface area contributed by atoms with Crippen LogP contribution < -0.4 is 5.32 Å². The van der Waals surface area contributed by atoms with Crippen LogP contribution in [-0.2, 0) is 0 Å². The van der Waals surface area contributed by atoms with Crippen molar-refractivity contribution in [3.8, 4) is 0 Å². The van der Waals surface area contributed by atoms with Gasteiger partial charge in [0.2, 0.25) is 0 Å². The van der Waals surface area contributed by atoms with Crippen molar-refractivity contribution in [1.82, 2.24) is 4.98 Å². The van der Waals surface area contributed by atoms with E-state index >= 15 is 0 Å². The molecule has 1 unspecified atom stereocenters. The summed E-state index contributed by atoms with van der Waals surface area (Å²) < 4.78 is 0. The van der Waals surface area contributed by atoms with Gasteiger partial charge >= 0.3 is 0 Å². The smallest absolute Gasteiger partial charge is 0.129 e. The van der Waals surface area contributed by atoms with Crippen LogP contribution in [0.15, 0.2) is 30.3 Å². The second kappa shape index (κ2) is 6.55. The standard InChI is InChI=1S/C17H24N2/c1-4-5-6-9-14(3)18-17-13(2)12-15-10-7-8-11-16(15)19-17/h7-8,10-12,14H,4-6,9H2,1-3H3,(H,18,19). The molecule has 0 saturated heterocycles. The first kappa shape index (κ1) is 13.9. The Morgan fingerprint density at radius 3 is 2.79 bits per heavy atom. The molecule has 0 aliphatic heterocycles. The lowest BCUT2D eigenvalue weighted by Crippen LogP contribution is -2.16. The maximum Gasteiger partial charge on any atom is 0.129 e. The Morgan fingerprint density at radius 1 is 1.21 bits per heavy atom. The van der Waals surface area contributed by atoms with E-state index in [0.717, 1.165) is 11.3 Å². The first-order valence-corrected chi connectivity index (χ1v) is 7.33. The van der Waals surface area contributed by atoms with Gasteiger partial charge in [-0.3, -0.25) is 0 Å². The Balaban J connectivity index is 2.09. The van der Waals surface area contributed by atoms with E-state index in [0.29, 0.717) is 6.04 Å². The van der Waals surface area contributed by atoms with E-state index in [-0.39, 0.29) is 0 Å². The molecule has 1 aromatic heterocycles. The molecular weight excluding hydrogens is 232 g/mol. The van der Waals surface area contributed by atoms with Crippen molar-refractivity contribution in [2.45, 2.75) is 52.5 Å². The number of nitrogens with one attached hydrogen (secondary N) is 1. The highest BCUT2D eigenvalue weighted by Gasteiger charge is 2.06. The van der Waals surface area contributed by atoms with Crippen LogP contribution in [0.5, 0.6) is 0 Å². The molecule has 0 bridgehead atoms. The predicted molar refractivity (Wildman–Crippen MR) is 83.7 cm³/mol. The molecule has 19 heavy (non-hydrogen) atoms. The molecule has 1 atom stereocenters. The number of pyridine rings is 1. The first-order chi connectivity index (χ1) is 9.20. The molecule has 0 aliphatic rings. The fourth-order valence-electron chi connectivity index (χ4n) is 2.37. The number of hydrogen-bond acceptors (Lipinski definition) is 2. The van der Waals surface area contributed by atoms with Gasteiger partial charge in [0.05, 0.1) is 5.52 Å². The Bertz CT molecular complexity index is 534. The van der Waals surface area contributed by atoms with Gasteiger partial charge in [-0.05, 0) is 38.0 Å². The summed E-state index contributed by atoms with van der Waals surface area (Å²) >= 11 is 0. The van der Waals surface area contributed by atoms with Crippen LogP contribution >= 0.6 is 0 Å². The minimum Gasteiger partial charge on any atom is -0.367 e. The average molecular weight is 256 g/mol. The summed E-state index contributed by atoms with van der Waals surface area (Å²) in [6.07, 6.45) is 5.09. The molecule has 0 amide bonds. The molecule has 1 N–H and O–H groups in total. The largest absolute Gasteiger partial charge is 0.367 e. The summed E-state index contributed by atoms with van der Waals surface area (Å²) in [6, 6.07) is 11.0. The summed E-state index contributed by atoms with van der Waals surface area (Å²) in [5.74, 6) is 1.03. The van der Waals surface area contributed by atoms with Gasteiger partial charge in [-0.2, -0.15) is 0 Å². The zero-order valence-corrected chi connectivity index (χ0v) is 12.2. The first-order valence-electron chi connectivity index (χ1n) is 7.33. The maximum atomic E-state index is 4.73. The van der Waals surface area contributed by atoms with E-state index < -0.39 is 0 Å². The number of anilines is 1. The van der Waals surface area contributed by atoms with Crippen LogP contribution in [0.1, 0.15) is 45.1 Å². The Labute approximate surface area is 116 Å². The molecular formula is C17H24N2. The third-order valence-electron chi connectivity index (χ3n) is 3.54. The lowest BCUT2D eigenvalue weighted by Gasteiger charge is -2.16. The number of benzene rings is 1. The zero-order valence-electron chi connectivity index (χ0n) is 12.2. The van der Waals surface area contributed by atoms with E-state index in [1.54, 1.807) is 0 Å². The molecule has 2 aromatic rings. The average Bonchev–Trinajstić information content (AvgIpc) is 2.40. The topological polar surface area (TPSA) is 24.9 Å². The van der Waals surface area contributed by atoms with Gasteiger partial charge in [-0.25, -0.2) is 4.98 Å². The number of aromatic nitrogens is 1. The molecule has 102 valence electrons. The SMILES string of the molecule is CCCCCC(C)Nc1nc2ccccc2cc1C. The second-order valence-corrected chi connectivity index (χ2v) is 5.39. The van der Waals surface area contributed by atoms with Gasteiger partial charge in [-0.1, -0.05) is 44.4 Å². The Morgan fingerprint density at radius 2 is 2.00 bits per heavy atom. The highest BCUT2D eigenvalue weighted by atomic mass is 15.0. The van der Waals surface area contributed by atoms with E-state index in [9.17, 15) is 0 Å². The third kappa shape index (κ3) is 3.69. The van der Waals surface area contributed by atoms with Crippen LogP contribution in [0.3, 0.4) is 0 Å². The summed E-state index contributed by atoms with van der Waals surface area (Å²) in [5, 5.41) is 4.76. The van der Waals surface area contributed by atoms with Crippen molar-refractivity contribution >= 4 is 16.7 Å².